The first-order chi connectivity index (χ1) is 9.42. The third-order valence-electron chi connectivity index (χ3n) is 3.87. The first-order valence-corrected chi connectivity index (χ1v) is 9.48. The van der Waals surface area contributed by atoms with E-state index in [-0.39, 0.29) is 11.2 Å². The Kier molecular flexibility index (Phi) is 4.96. The molecule has 0 unspecified atom stereocenters. The van der Waals surface area contributed by atoms with Gasteiger partial charge in [-0.15, -0.1) is 0 Å². The molecular weight excluding hydrogens is 300 g/mol. The highest BCUT2D eigenvalue weighted by atomic mass is 35.7. The van der Waals surface area contributed by atoms with Crippen molar-refractivity contribution in [2.45, 2.75) is 45.6 Å². The Labute approximate surface area is 124 Å². The summed E-state index contributed by atoms with van der Waals surface area (Å²) in [5.74, 6) is 0.674. The average Bonchev–Trinajstić information content (AvgIpc) is 2.83. The van der Waals surface area contributed by atoms with Gasteiger partial charge in [0.15, 0.2) is 5.75 Å². The fourth-order valence-corrected chi connectivity index (χ4v) is 4.62. The molecule has 0 spiro atoms. The molecule has 1 aliphatic carbocycles. The molecule has 1 fully saturated rings. The number of hydrogen-bond acceptors (Lipinski definition) is 4. The molecule has 0 aliphatic heterocycles. The van der Waals surface area contributed by atoms with Crippen LogP contribution in [0.25, 0.3) is 0 Å². The van der Waals surface area contributed by atoms with E-state index in [1.165, 1.54) is 0 Å². The zero-order valence-corrected chi connectivity index (χ0v) is 13.3. The first kappa shape index (κ1) is 15.6. The molecule has 0 bridgehead atoms. The van der Waals surface area contributed by atoms with E-state index in [4.69, 9.17) is 15.4 Å². The number of nitrogens with zero attached hydrogens (tertiary/aromatic N) is 2. The Balaban J connectivity index is 2.03. The topological polar surface area (TPSA) is 61.2 Å². The lowest BCUT2D eigenvalue weighted by Crippen LogP contribution is -2.36. The maximum atomic E-state index is 11.5. The molecule has 0 amide bonds. The fourth-order valence-electron chi connectivity index (χ4n) is 2.83. The summed E-state index contributed by atoms with van der Waals surface area (Å²) in [5.41, 5.74) is -0.354. The van der Waals surface area contributed by atoms with Crippen LogP contribution in [-0.2, 0) is 15.6 Å². The van der Waals surface area contributed by atoms with E-state index < -0.39 is 9.05 Å². The van der Waals surface area contributed by atoms with Crippen LogP contribution in [0.5, 0.6) is 5.75 Å². The lowest BCUT2D eigenvalue weighted by molar-refractivity contribution is 0.119. The summed E-state index contributed by atoms with van der Waals surface area (Å²) in [7, 11) is 1.95. The molecule has 20 heavy (non-hydrogen) atoms. The Bertz CT molecular complexity index is 536. The molecule has 2 rings (SSSR count). The van der Waals surface area contributed by atoms with Gasteiger partial charge in [0.2, 0.25) is 9.05 Å². The molecule has 0 saturated heterocycles. The van der Waals surface area contributed by atoms with Gasteiger partial charge in [-0.25, -0.2) is 8.42 Å². The summed E-state index contributed by atoms with van der Waals surface area (Å²) in [5, 5.41) is 4.14. The van der Waals surface area contributed by atoms with Crippen LogP contribution in [0.2, 0.25) is 0 Å². The quantitative estimate of drug-likeness (QED) is 0.756. The zero-order chi connectivity index (χ0) is 14.6. The summed E-state index contributed by atoms with van der Waals surface area (Å²) in [6.07, 6.45) is 8.40. The molecule has 0 atom stereocenters. The van der Waals surface area contributed by atoms with Crippen LogP contribution in [-0.4, -0.2) is 30.6 Å². The Morgan fingerprint density at radius 2 is 2.10 bits per heavy atom. The molecule has 1 aromatic heterocycles. The van der Waals surface area contributed by atoms with Crippen molar-refractivity contribution >= 4 is 19.7 Å². The summed E-state index contributed by atoms with van der Waals surface area (Å²) in [6, 6.07) is 0. The van der Waals surface area contributed by atoms with E-state index in [0.29, 0.717) is 12.4 Å². The van der Waals surface area contributed by atoms with Crippen molar-refractivity contribution < 1.29 is 13.2 Å². The standard InChI is InChI=1S/C13H21ClN2O3S/c1-2-16-9-12(8-15-16)19-10-13(11-20(14,17)18)6-4-3-5-7-13/h8-9H,2-7,10-11H2,1H3. The minimum atomic E-state index is -3.51. The summed E-state index contributed by atoms with van der Waals surface area (Å²) in [4.78, 5) is 0. The number of rotatable bonds is 6. The lowest BCUT2D eigenvalue weighted by Gasteiger charge is -2.35. The highest BCUT2D eigenvalue weighted by Gasteiger charge is 2.37. The maximum absolute atomic E-state index is 11.5. The van der Waals surface area contributed by atoms with Crippen molar-refractivity contribution in [3.05, 3.63) is 12.4 Å². The Morgan fingerprint density at radius 3 is 2.65 bits per heavy atom. The van der Waals surface area contributed by atoms with E-state index in [2.05, 4.69) is 5.10 Å². The van der Waals surface area contributed by atoms with E-state index >= 15 is 0 Å². The summed E-state index contributed by atoms with van der Waals surface area (Å²) >= 11 is 0. The molecule has 1 heterocycles. The van der Waals surface area contributed by atoms with Crippen LogP contribution in [0, 0.1) is 5.41 Å². The average molecular weight is 321 g/mol. The van der Waals surface area contributed by atoms with Crippen molar-refractivity contribution in [2.24, 2.45) is 5.41 Å². The smallest absolute Gasteiger partial charge is 0.233 e. The molecule has 0 N–H and O–H groups in total. The minimum absolute atomic E-state index is 0.0104. The monoisotopic (exact) mass is 320 g/mol. The highest BCUT2D eigenvalue weighted by Crippen LogP contribution is 2.38. The van der Waals surface area contributed by atoms with Gasteiger partial charge in [0.25, 0.3) is 0 Å². The largest absolute Gasteiger partial charge is 0.490 e. The first-order valence-electron chi connectivity index (χ1n) is 7.00. The van der Waals surface area contributed by atoms with Crippen LogP contribution in [0.1, 0.15) is 39.0 Å². The minimum Gasteiger partial charge on any atom is -0.490 e. The van der Waals surface area contributed by atoms with E-state index in [9.17, 15) is 8.42 Å². The third kappa shape index (κ3) is 4.38. The molecule has 0 aromatic carbocycles. The Morgan fingerprint density at radius 1 is 1.40 bits per heavy atom. The lowest BCUT2D eigenvalue weighted by atomic mass is 9.76. The van der Waals surface area contributed by atoms with Crippen molar-refractivity contribution in [3.63, 3.8) is 0 Å². The van der Waals surface area contributed by atoms with Crippen molar-refractivity contribution in [1.29, 1.82) is 0 Å². The maximum Gasteiger partial charge on any atom is 0.233 e. The van der Waals surface area contributed by atoms with Crippen molar-refractivity contribution in [1.82, 2.24) is 9.78 Å². The van der Waals surface area contributed by atoms with Gasteiger partial charge in [0.05, 0.1) is 24.8 Å². The zero-order valence-electron chi connectivity index (χ0n) is 11.7. The molecule has 1 aliphatic rings. The number of hydrogen-bond donors (Lipinski definition) is 0. The van der Waals surface area contributed by atoms with Gasteiger partial charge in [0, 0.05) is 22.6 Å². The van der Waals surface area contributed by atoms with Crippen LogP contribution in [0.3, 0.4) is 0 Å². The van der Waals surface area contributed by atoms with Gasteiger partial charge in [-0.2, -0.15) is 5.10 Å². The molecule has 114 valence electrons. The van der Waals surface area contributed by atoms with E-state index in [1.807, 2.05) is 13.1 Å². The third-order valence-corrected chi connectivity index (χ3v) is 5.16. The van der Waals surface area contributed by atoms with Crippen molar-refractivity contribution in [2.75, 3.05) is 12.4 Å². The van der Waals surface area contributed by atoms with Gasteiger partial charge in [-0.05, 0) is 19.8 Å². The van der Waals surface area contributed by atoms with Gasteiger partial charge in [-0.3, -0.25) is 4.68 Å². The number of ether oxygens (including phenoxy) is 1. The van der Waals surface area contributed by atoms with Crippen molar-refractivity contribution in [3.8, 4) is 5.75 Å². The SMILES string of the molecule is CCn1cc(OCC2(CS(=O)(=O)Cl)CCCCC2)cn1. The highest BCUT2D eigenvalue weighted by molar-refractivity contribution is 8.13. The van der Waals surface area contributed by atoms with Crippen LogP contribution in [0.4, 0.5) is 0 Å². The van der Waals surface area contributed by atoms with Gasteiger partial charge >= 0.3 is 0 Å². The van der Waals surface area contributed by atoms with E-state index in [1.54, 1.807) is 10.9 Å². The molecule has 7 heteroatoms. The summed E-state index contributed by atoms with van der Waals surface area (Å²) in [6.45, 7) is 3.17. The van der Waals surface area contributed by atoms with Gasteiger partial charge < -0.3 is 4.74 Å². The molecule has 0 radical (unpaired) electrons. The predicted molar refractivity (Wildman–Crippen MR) is 78.6 cm³/mol. The van der Waals surface area contributed by atoms with E-state index in [0.717, 1.165) is 38.6 Å². The second-order valence-electron chi connectivity index (χ2n) is 5.56. The Hall–Kier alpha value is -0.750. The molecule has 1 aromatic rings. The van der Waals surface area contributed by atoms with Gasteiger partial charge in [0.1, 0.15) is 0 Å². The molecule has 1 saturated carbocycles. The second kappa shape index (κ2) is 6.35. The second-order valence-corrected chi connectivity index (χ2v) is 8.34. The van der Waals surface area contributed by atoms with Crippen LogP contribution >= 0.6 is 10.7 Å². The summed E-state index contributed by atoms with van der Waals surface area (Å²) < 4.78 is 30.5. The number of halogens is 1. The van der Waals surface area contributed by atoms with Crippen LogP contribution < -0.4 is 4.74 Å². The fraction of sp³-hybridized carbons (Fsp3) is 0.769. The predicted octanol–water partition coefficient (Wildman–Crippen LogP) is 2.80. The number of aromatic nitrogens is 2. The van der Waals surface area contributed by atoms with Gasteiger partial charge in [-0.1, -0.05) is 19.3 Å². The molecular formula is C13H21ClN2O3S. The van der Waals surface area contributed by atoms with Crippen LogP contribution in [0.15, 0.2) is 12.4 Å². The molecule has 5 nitrogen and oxygen atoms in total. The number of aryl methyl sites for hydroxylation is 1. The normalized spacial score (nSPS) is 18.9.